The summed E-state index contributed by atoms with van der Waals surface area (Å²) >= 11 is 0. The molecule has 0 aromatic carbocycles. The van der Waals surface area contributed by atoms with Crippen molar-refractivity contribution < 1.29 is 9.59 Å². The third kappa shape index (κ3) is 3.47. The van der Waals surface area contributed by atoms with Crippen molar-refractivity contribution in [2.24, 2.45) is 0 Å². The standard InChI is InChI=1S/C11H19N5O2/c1-4-16(6-9(17)14-7(2)3)11(18)10-8(12)5-13-15-10/h5,7H,4,6,12H2,1-3H3,(H,13,15)(H,14,17). The molecule has 0 aliphatic carbocycles. The van der Waals surface area contributed by atoms with Crippen LogP contribution in [-0.4, -0.2) is 46.0 Å². The maximum atomic E-state index is 12.1. The first-order valence-electron chi connectivity index (χ1n) is 5.83. The fourth-order valence-electron chi connectivity index (χ4n) is 1.49. The molecule has 7 heteroatoms. The highest BCUT2D eigenvalue weighted by Crippen LogP contribution is 2.09. The smallest absolute Gasteiger partial charge is 0.274 e. The van der Waals surface area contributed by atoms with Gasteiger partial charge in [-0.15, -0.1) is 0 Å². The predicted molar refractivity (Wildman–Crippen MR) is 67.9 cm³/mol. The molecule has 0 unspecified atom stereocenters. The summed E-state index contributed by atoms with van der Waals surface area (Å²) in [5, 5.41) is 8.96. The largest absolute Gasteiger partial charge is 0.396 e. The molecule has 0 spiro atoms. The Balaban J connectivity index is 2.70. The number of nitrogens with zero attached hydrogens (tertiary/aromatic N) is 2. The van der Waals surface area contributed by atoms with Crippen LogP contribution in [0.5, 0.6) is 0 Å². The van der Waals surface area contributed by atoms with Crippen LogP contribution in [0.4, 0.5) is 5.69 Å². The number of hydrogen-bond donors (Lipinski definition) is 3. The van der Waals surface area contributed by atoms with E-state index in [-0.39, 0.29) is 35.8 Å². The van der Waals surface area contributed by atoms with Gasteiger partial charge in [0.1, 0.15) is 5.69 Å². The van der Waals surface area contributed by atoms with Crippen LogP contribution in [0.25, 0.3) is 0 Å². The monoisotopic (exact) mass is 253 g/mol. The number of nitrogens with two attached hydrogens (primary N) is 1. The molecule has 1 heterocycles. The maximum Gasteiger partial charge on any atom is 0.274 e. The molecule has 0 radical (unpaired) electrons. The van der Waals surface area contributed by atoms with Crippen molar-refractivity contribution in [1.82, 2.24) is 20.4 Å². The number of nitrogens with one attached hydrogen (secondary N) is 2. The number of H-pyrrole nitrogens is 1. The van der Waals surface area contributed by atoms with Gasteiger partial charge in [0.15, 0.2) is 0 Å². The van der Waals surface area contributed by atoms with Crippen molar-refractivity contribution in [3.05, 3.63) is 11.9 Å². The number of aromatic nitrogens is 2. The van der Waals surface area contributed by atoms with E-state index < -0.39 is 0 Å². The Hall–Kier alpha value is -2.05. The molecule has 0 atom stereocenters. The zero-order valence-electron chi connectivity index (χ0n) is 10.9. The van der Waals surface area contributed by atoms with E-state index in [9.17, 15) is 9.59 Å². The summed E-state index contributed by atoms with van der Waals surface area (Å²) in [7, 11) is 0. The van der Waals surface area contributed by atoms with Gasteiger partial charge in [0.2, 0.25) is 5.91 Å². The lowest BCUT2D eigenvalue weighted by Gasteiger charge is -2.20. The fraction of sp³-hybridized carbons (Fsp3) is 0.545. The van der Waals surface area contributed by atoms with Crippen LogP contribution in [0, 0.1) is 0 Å². The minimum absolute atomic E-state index is 0.00593. The first-order chi connectivity index (χ1) is 8.45. The Morgan fingerprint density at radius 2 is 2.22 bits per heavy atom. The summed E-state index contributed by atoms with van der Waals surface area (Å²) in [4.78, 5) is 25.1. The number of anilines is 1. The van der Waals surface area contributed by atoms with Crippen LogP contribution in [0.1, 0.15) is 31.3 Å². The quantitative estimate of drug-likeness (QED) is 0.685. The number of hydrogen-bond acceptors (Lipinski definition) is 4. The summed E-state index contributed by atoms with van der Waals surface area (Å²) in [5.41, 5.74) is 6.10. The number of likely N-dealkylation sites (N-methyl/N-ethyl adjacent to an activating group) is 1. The van der Waals surface area contributed by atoms with Gasteiger partial charge in [-0.05, 0) is 20.8 Å². The minimum atomic E-state index is -0.327. The third-order valence-electron chi connectivity index (χ3n) is 2.34. The van der Waals surface area contributed by atoms with Crippen LogP contribution < -0.4 is 11.1 Å². The molecule has 0 bridgehead atoms. The van der Waals surface area contributed by atoms with E-state index >= 15 is 0 Å². The van der Waals surface area contributed by atoms with Gasteiger partial charge in [0.05, 0.1) is 18.4 Å². The second-order valence-electron chi connectivity index (χ2n) is 4.24. The van der Waals surface area contributed by atoms with Crippen LogP contribution in [0.3, 0.4) is 0 Å². The highest BCUT2D eigenvalue weighted by molar-refractivity contribution is 5.98. The third-order valence-corrected chi connectivity index (χ3v) is 2.34. The number of rotatable bonds is 5. The number of carbonyl (C=O) groups is 2. The van der Waals surface area contributed by atoms with Crippen molar-refractivity contribution in [1.29, 1.82) is 0 Å². The molecule has 1 aromatic heterocycles. The van der Waals surface area contributed by atoms with E-state index in [2.05, 4.69) is 15.5 Å². The van der Waals surface area contributed by atoms with Crippen molar-refractivity contribution >= 4 is 17.5 Å². The van der Waals surface area contributed by atoms with Crippen LogP contribution >= 0.6 is 0 Å². The highest BCUT2D eigenvalue weighted by atomic mass is 16.2. The number of amides is 2. The summed E-state index contributed by atoms with van der Waals surface area (Å²) in [6.07, 6.45) is 1.37. The van der Waals surface area contributed by atoms with E-state index in [4.69, 9.17) is 5.73 Å². The van der Waals surface area contributed by atoms with Gasteiger partial charge in [-0.3, -0.25) is 14.7 Å². The summed E-state index contributed by atoms with van der Waals surface area (Å²) in [6, 6.07) is 0.0449. The number of aromatic amines is 1. The fourth-order valence-corrected chi connectivity index (χ4v) is 1.49. The first-order valence-corrected chi connectivity index (χ1v) is 5.83. The van der Waals surface area contributed by atoms with Crippen LogP contribution in [0.2, 0.25) is 0 Å². The number of carbonyl (C=O) groups excluding carboxylic acids is 2. The summed E-state index contributed by atoms with van der Waals surface area (Å²) < 4.78 is 0. The van der Waals surface area contributed by atoms with Gasteiger partial charge in [0, 0.05) is 12.6 Å². The van der Waals surface area contributed by atoms with Gasteiger partial charge in [-0.2, -0.15) is 5.10 Å². The molecule has 0 fully saturated rings. The molecule has 0 saturated carbocycles. The molecule has 100 valence electrons. The van der Waals surface area contributed by atoms with Gasteiger partial charge < -0.3 is 16.0 Å². The zero-order valence-corrected chi connectivity index (χ0v) is 10.9. The zero-order chi connectivity index (χ0) is 13.7. The Morgan fingerprint density at radius 1 is 1.56 bits per heavy atom. The lowest BCUT2D eigenvalue weighted by atomic mass is 10.3. The molecule has 2 amide bonds. The summed E-state index contributed by atoms with van der Waals surface area (Å²) in [5.74, 6) is -0.523. The van der Waals surface area contributed by atoms with Crippen molar-refractivity contribution in [3.8, 4) is 0 Å². The van der Waals surface area contributed by atoms with Crippen molar-refractivity contribution in [3.63, 3.8) is 0 Å². The SMILES string of the molecule is CCN(CC(=O)NC(C)C)C(=O)c1[nH]ncc1N. The molecule has 4 N–H and O–H groups in total. The summed E-state index contributed by atoms with van der Waals surface area (Å²) in [6.45, 7) is 5.95. The minimum Gasteiger partial charge on any atom is -0.396 e. The average Bonchev–Trinajstić information content (AvgIpc) is 2.70. The maximum absolute atomic E-state index is 12.1. The van der Waals surface area contributed by atoms with Crippen molar-refractivity contribution in [2.75, 3.05) is 18.8 Å². The highest BCUT2D eigenvalue weighted by Gasteiger charge is 2.20. The molecular weight excluding hydrogens is 234 g/mol. The molecule has 1 rings (SSSR count). The lowest BCUT2D eigenvalue weighted by molar-refractivity contribution is -0.122. The van der Waals surface area contributed by atoms with Crippen molar-refractivity contribution in [2.45, 2.75) is 26.8 Å². The van der Waals surface area contributed by atoms with Gasteiger partial charge >= 0.3 is 0 Å². The molecular formula is C11H19N5O2. The molecule has 0 saturated heterocycles. The average molecular weight is 253 g/mol. The molecule has 1 aromatic rings. The topological polar surface area (TPSA) is 104 Å². The Labute approximate surface area is 106 Å². The lowest BCUT2D eigenvalue weighted by Crippen LogP contribution is -2.42. The Bertz CT molecular complexity index is 427. The number of nitrogen functional groups attached to an aromatic ring is 1. The second-order valence-corrected chi connectivity index (χ2v) is 4.24. The normalized spacial score (nSPS) is 10.4. The van der Waals surface area contributed by atoms with Crippen LogP contribution in [0.15, 0.2) is 6.20 Å². The van der Waals surface area contributed by atoms with Gasteiger partial charge in [0.25, 0.3) is 5.91 Å². The molecule has 0 aliphatic rings. The van der Waals surface area contributed by atoms with Gasteiger partial charge in [-0.25, -0.2) is 0 Å². The predicted octanol–water partition coefficient (Wildman–Crippen LogP) is -0.0214. The molecule has 7 nitrogen and oxygen atoms in total. The van der Waals surface area contributed by atoms with E-state index in [1.165, 1.54) is 11.1 Å². The van der Waals surface area contributed by atoms with E-state index in [1.807, 2.05) is 13.8 Å². The van der Waals surface area contributed by atoms with E-state index in [1.54, 1.807) is 6.92 Å². The van der Waals surface area contributed by atoms with E-state index in [0.717, 1.165) is 0 Å². The van der Waals surface area contributed by atoms with E-state index in [0.29, 0.717) is 6.54 Å². The Kier molecular flexibility index (Phi) is 4.70. The van der Waals surface area contributed by atoms with Crippen LogP contribution in [-0.2, 0) is 4.79 Å². The molecule has 18 heavy (non-hydrogen) atoms. The second kappa shape index (κ2) is 6.04. The molecule has 0 aliphatic heterocycles. The first kappa shape index (κ1) is 14.0. The van der Waals surface area contributed by atoms with Gasteiger partial charge in [-0.1, -0.05) is 0 Å². The Morgan fingerprint density at radius 3 is 2.67 bits per heavy atom.